The number of thioether (sulfide) groups is 1. The molecule has 0 saturated heterocycles. The molecule has 8 heteroatoms. The summed E-state index contributed by atoms with van der Waals surface area (Å²) < 4.78 is 0. The lowest BCUT2D eigenvalue weighted by molar-refractivity contribution is -0.116. The van der Waals surface area contributed by atoms with Crippen molar-refractivity contribution in [2.75, 3.05) is 18.1 Å². The number of carbonyl (C=O) groups is 2. The summed E-state index contributed by atoms with van der Waals surface area (Å²) in [4.78, 5) is 34.6. The molecule has 1 aromatic carbocycles. The summed E-state index contributed by atoms with van der Waals surface area (Å²) in [6.45, 7) is 3.75. The third-order valence-corrected chi connectivity index (χ3v) is 5.62. The lowest BCUT2D eigenvalue weighted by Gasteiger charge is -2.22. The van der Waals surface area contributed by atoms with E-state index in [1.807, 2.05) is 25.1 Å². The van der Waals surface area contributed by atoms with E-state index < -0.39 is 0 Å². The first-order valence-corrected chi connectivity index (χ1v) is 10.3. The van der Waals surface area contributed by atoms with Crippen LogP contribution in [0.4, 0.5) is 5.82 Å². The molecule has 3 N–H and O–H groups in total. The number of aryl methyl sites for hydroxylation is 1. The Morgan fingerprint density at radius 2 is 2.00 bits per heavy atom. The van der Waals surface area contributed by atoms with Crippen molar-refractivity contribution in [3.05, 3.63) is 64.1 Å². The first-order chi connectivity index (χ1) is 14.0. The predicted octanol–water partition coefficient (Wildman–Crippen LogP) is 2.95. The molecule has 0 spiro atoms. The molecule has 0 bridgehead atoms. The maximum atomic E-state index is 12.3. The van der Waals surface area contributed by atoms with Crippen LogP contribution >= 0.6 is 11.8 Å². The van der Waals surface area contributed by atoms with Crippen molar-refractivity contribution in [2.24, 2.45) is 0 Å². The third kappa shape index (κ3) is 6.69. The van der Waals surface area contributed by atoms with E-state index in [0.717, 1.165) is 11.3 Å². The number of nitrogens with zero attached hydrogens (tertiary/aromatic N) is 3. The Morgan fingerprint density at radius 3 is 2.62 bits per heavy atom. The van der Waals surface area contributed by atoms with Gasteiger partial charge in [-0.1, -0.05) is 30.3 Å². The number of rotatable bonds is 11. The minimum atomic E-state index is -0.0468. The molecule has 2 rings (SSSR count). The second-order valence-corrected chi connectivity index (χ2v) is 7.62. The Kier molecular flexibility index (Phi) is 8.82. The molecule has 0 aliphatic carbocycles. The lowest BCUT2D eigenvalue weighted by Crippen LogP contribution is -2.22. The van der Waals surface area contributed by atoms with Gasteiger partial charge in [0, 0.05) is 53.1 Å². The number of aromatic nitrogens is 2. The minimum Gasteiger partial charge on any atom is -0.396 e. The Balaban J connectivity index is 2.07. The summed E-state index contributed by atoms with van der Waals surface area (Å²) in [5, 5.41) is 9.43. The molecule has 0 aliphatic heterocycles. The summed E-state index contributed by atoms with van der Waals surface area (Å²) in [5.41, 5.74) is 7.98. The van der Waals surface area contributed by atoms with Crippen LogP contribution in [0.25, 0.3) is 0 Å². The number of carbonyl (C=O) groups excluding carboxylic acids is 2. The molecular weight excluding hydrogens is 388 g/mol. The number of amides is 1. The topological polar surface area (TPSA) is 109 Å². The van der Waals surface area contributed by atoms with E-state index in [1.54, 1.807) is 25.3 Å². The number of Topliss-reactive ketones (excluding diaryl/α,β-unsaturated/α-hetero) is 1. The van der Waals surface area contributed by atoms with Gasteiger partial charge in [-0.05, 0) is 13.8 Å². The molecule has 0 aliphatic rings. The summed E-state index contributed by atoms with van der Waals surface area (Å²) in [7, 11) is 0. The number of hydrogen-bond donors (Lipinski definition) is 2. The Labute approximate surface area is 175 Å². The molecule has 0 radical (unpaired) electrons. The van der Waals surface area contributed by atoms with Crippen LogP contribution in [-0.2, 0) is 11.3 Å². The number of aliphatic hydroxyl groups is 1. The molecule has 1 heterocycles. The average molecular weight is 415 g/mol. The van der Waals surface area contributed by atoms with E-state index in [1.165, 1.54) is 16.7 Å². The number of benzene rings is 1. The van der Waals surface area contributed by atoms with Crippen LogP contribution in [0.1, 0.15) is 41.5 Å². The molecule has 2 aromatic rings. The van der Waals surface area contributed by atoms with Crippen LogP contribution in [-0.4, -0.2) is 44.5 Å². The van der Waals surface area contributed by atoms with E-state index in [-0.39, 0.29) is 18.9 Å². The zero-order valence-corrected chi connectivity index (χ0v) is 17.5. The monoisotopic (exact) mass is 414 g/mol. The SMILES string of the molecule is C/C(=C(/CCO)SCCC(=O)c1ccccc1)N(C=O)Cc1cnc(C)nc1N. The minimum absolute atomic E-state index is 0.0468. The van der Waals surface area contributed by atoms with Crippen molar-refractivity contribution < 1.29 is 14.7 Å². The van der Waals surface area contributed by atoms with Gasteiger partial charge in [0.1, 0.15) is 11.6 Å². The molecule has 0 fully saturated rings. The number of ketones is 1. The standard InChI is InChI=1S/C21H26N4O3S/c1-15(25(14-27)13-18-12-23-16(2)24-21(18)22)20(8-10-26)29-11-9-19(28)17-6-4-3-5-7-17/h3-7,12,14,26H,8-11,13H2,1-2H3,(H2,22,23,24)/b20-15+. The molecule has 1 amide bonds. The van der Waals surface area contributed by atoms with Crippen LogP contribution < -0.4 is 5.73 Å². The second-order valence-electron chi connectivity index (χ2n) is 6.43. The van der Waals surface area contributed by atoms with E-state index in [2.05, 4.69) is 9.97 Å². The van der Waals surface area contributed by atoms with Gasteiger partial charge < -0.3 is 15.7 Å². The van der Waals surface area contributed by atoms with Gasteiger partial charge in [0.25, 0.3) is 0 Å². The largest absolute Gasteiger partial charge is 0.396 e. The highest BCUT2D eigenvalue weighted by molar-refractivity contribution is 8.03. The van der Waals surface area contributed by atoms with Gasteiger partial charge in [-0.25, -0.2) is 9.97 Å². The van der Waals surface area contributed by atoms with E-state index in [4.69, 9.17) is 5.73 Å². The zero-order valence-electron chi connectivity index (χ0n) is 16.7. The Bertz CT molecular complexity index is 871. The van der Waals surface area contributed by atoms with E-state index in [9.17, 15) is 14.7 Å². The molecule has 7 nitrogen and oxygen atoms in total. The zero-order chi connectivity index (χ0) is 21.2. The highest BCUT2D eigenvalue weighted by Crippen LogP contribution is 2.27. The van der Waals surface area contributed by atoms with Crippen LogP contribution in [0, 0.1) is 6.92 Å². The maximum absolute atomic E-state index is 12.3. The molecule has 154 valence electrons. The summed E-state index contributed by atoms with van der Waals surface area (Å²) in [6.07, 6.45) is 3.11. The summed E-state index contributed by atoms with van der Waals surface area (Å²) in [5.74, 6) is 1.52. The number of nitrogens with two attached hydrogens (primary N) is 1. The number of anilines is 1. The highest BCUT2D eigenvalue weighted by Gasteiger charge is 2.15. The fraction of sp³-hybridized carbons (Fsp3) is 0.333. The van der Waals surface area contributed by atoms with Gasteiger partial charge in [0.2, 0.25) is 6.41 Å². The lowest BCUT2D eigenvalue weighted by atomic mass is 10.1. The van der Waals surface area contributed by atoms with Crippen molar-refractivity contribution in [1.82, 2.24) is 14.9 Å². The van der Waals surface area contributed by atoms with Crippen LogP contribution in [0.5, 0.6) is 0 Å². The fourth-order valence-corrected chi connectivity index (χ4v) is 3.80. The molecule has 0 atom stereocenters. The van der Waals surface area contributed by atoms with Crippen LogP contribution in [0.15, 0.2) is 47.1 Å². The van der Waals surface area contributed by atoms with Gasteiger partial charge in [0.05, 0.1) is 6.54 Å². The van der Waals surface area contributed by atoms with Gasteiger partial charge in [-0.3, -0.25) is 9.59 Å². The quantitative estimate of drug-likeness (QED) is 0.430. The maximum Gasteiger partial charge on any atom is 0.214 e. The Hall–Kier alpha value is -2.71. The first-order valence-electron chi connectivity index (χ1n) is 9.27. The van der Waals surface area contributed by atoms with Gasteiger partial charge in [-0.15, -0.1) is 11.8 Å². The van der Waals surface area contributed by atoms with Crippen LogP contribution in [0.3, 0.4) is 0 Å². The average Bonchev–Trinajstić information content (AvgIpc) is 2.72. The van der Waals surface area contributed by atoms with Crippen LogP contribution in [0.2, 0.25) is 0 Å². The van der Waals surface area contributed by atoms with Gasteiger partial charge in [-0.2, -0.15) is 0 Å². The summed E-state index contributed by atoms with van der Waals surface area (Å²) in [6, 6.07) is 9.14. The fourth-order valence-electron chi connectivity index (χ4n) is 2.71. The molecule has 0 saturated carbocycles. The normalized spacial score (nSPS) is 11.7. The molecule has 0 unspecified atom stereocenters. The van der Waals surface area contributed by atoms with E-state index in [0.29, 0.717) is 47.1 Å². The molecule has 1 aromatic heterocycles. The molecule has 29 heavy (non-hydrogen) atoms. The van der Waals surface area contributed by atoms with Crippen molar-refractivity contribution in [3.63, 3.8) is 0 Å². The Morgan fingerprint density at radius 1 is 1.28 bits per heavy atom. The summed E-state index contributed by atoms with van der Waals surface area (Å²) >= 11 is 1.47. The van der Waals surface area contributed by atoms with Crippen molar-refractivity contribution in [2.45, 2.75) is 33.2 Å². The van der Waals surface area contributed by atoms with Crippen molar-refractivity contribution >= 4 is 29.8 Å². The second kappa shape index (κ2) is 11.3. The predicted molar refractivity (Wildman–Crippen MR) is 115 cm³/mol. The number of allylic oxidation sites excluding steroid dienone is 1. The number of aliphatic hydroxyl groups excluding tert-OH is 1. The number of nitrogen functional groups attached to an aromatic ring is 1. The van der Waals surface area contributed by atoms with Gasteiger partial charge in [0.15, 0.2) is 5.78 Å². The third-order valence-electron chi connectivity index (χ3n) is 4.36. The first kappa shape index (κ1) is 22.6. The smallest absolute Gasteiger partial charge is 0.214 e. The van der Waals surface area contributed by atoms with Crippen molar-refractivity contribution in [3.8, 4) is 0 Å². The van der Waals surface area contributed by atoms with Crippen molar-refractivity contribution in [1.29, 1.82) is 0 Å². The highest BCUT2D eigenvalue weighted by atomic mass is 32.2. The molecular formula is C21H26N4O3S. The number of hydrogen-bond acceptors (Lipinski definition) is 7. The van der Waals surface area contributed by atoms with E-state index >= 15 is 0 Å². The van der Waals surface area contributed by atoms with Gasteiger partial charge >= 0.3 is 0 Å².